The van der Waals surface area contributed by atoms with E-state index in [1.54, 1.807) is 12.3 Å². The third-order valence-electron chi connectivity index (χ3n) is 4.46. The Morgan fingerprint density at radius 3 is 2.77 bits per heavy atom. The Balaban J connectivity index is 1.80. The third-order valence-corrected chi connectivity index (χ3v) is 4.46. The second kappa shape index (κ2) is 7.34. The van der Waals surface area contributed by atoms with Crippen molar-refractivity contribution in [3.63, 3.8) is 0 Å². The van der Waals surface area contributed by atoms with E-state index in [-0.39, 0.29) is 23.3 Å². The Morgan fingerprint density at radius 1 is 1.27 bits per heavy atom. The van der Waals surface area contributed by atoms with Gasteiger partial charge in [0.25, 0.3) is 5.91 Å². The lowest BCUT2D eigenvalue weighted by atomic mass is 9.92. The molecule has 0 spiro atoms. The van der Waals surface area contributed by atoms with Crippen LogP contribution in [0.1, 0.15) is 41.9 Å². The molecule has 2 aromatic rings. The van der Waals surface area contributed by atoms with Gasteiger partial charge in [-0.3, -0.25) is 19.5 Å². The standard InChI is InChI=1S/C17H20N6O3/c1-10-4-5-13(12-6-8-20-22-12)23(9-10)17(26)16(25)21-15-11(14(18)24)3-2-7-19-15/h2-3,6-8,10,13H,4-5,9H2,1H3,(H2,18,24)(H,20,22)(H,19,21,25)/t10-,13+/m0/s1. The molecule has 0 radical (unpaired) electrons. The van der Waals surface area contributed by atoms with Crippen LogP contribution in [0.3, 0.4) is 0 Å². The lowest BCUT2D eigenvalue weighted by molar-refractivity contribution is -0.146. The van der Waals surface area contributed by atoms with Gasteiger partial charge in [-0.1, -0.05) is 6.92 Å². The minimum atomic E-state index is -0.857. The Morgan fingerprint density at radius 2 is 2.08 bits per heavy atom. The zero-order chi connectivity index (χ0) is 18.7. The van der Waals surface area contributed by atoms with Crippen molar-refractivity contribution in [1.82, 2.24) is 20.1 Å². The minimum Gasteiger partial charge on any atom is -0.365 e. The maximum atomic E-state index is 12.8. The van der Waals surface area contributed by atoms with Gasteiger partial charge in [0.2, 0.25) is 0 Å². The number of likely N-dealkylation sites (tertiary alicyclic amines) is 1. The minimum absolute atomic E-state index is 0.0264. The van der Waals surface area contributed by atoms with E-state index in [0.29, 0.717) is 6.54 Å². The molecule has 0 aliphatic carbocycles. The molecule has 3 rings (SSSR count). The monoisotopic (exact) mass is 356 g/mol. The van der Waals surface area contributed by atoms with Gasteiger partial charge in [0, 0.05) is 18.9 Å². The van der Waals surface area contributed by atoms with Gasteiger partial charge < -0.3 is 16.0 Å². The molecular weight excluding hydrogens is 336 g/mol. The summed E-state index contributed by atoms with van der Waals surface area (Å²) in [6, 6.07) is 4.51. The molecular formula is C17H20N6O3. The van der Waals surface area contributed by atoms with Gasteiger partial charge in [0.1, 0.15) is 5.82 Å². The van der Waals surface area contributed by atoms with Gasteiger partial charge in [-0.05, 0) is 37.0 Å². The Bertz CT molecular complexity index is 820. The van der Waals surface area contributed by atoms with Crippen molar-refractivity contribution in [3.8, 4) is 0 Å². The molecule has 9 heteroatoms. The highest BCUT2D eigenvalue weighted by atomic mass is 16.2. The van der Waals surface area contributed by atoms with Crippen LogP contribution in [0, 0.1) is 5.92 Å². The maximum absolute atomic E-state index is 12.8. The zero-order valence-corrected chi connectivity index (χ0v) is 14.3. The van der Waals surface area contributed by atoms with Gasteiger partial charge in [-0.2, -0.15) is 5.10 Å². The first kappa shape index (κ1) is 17.6. The molecule has 136 valence electrons. The predicted molar refractivity (Wildman–Crippen MR) is 92.8 cm³/mol. The third kappa shape index (κ3) is 3.56. The van der Waals surface area contributed by atoms with Crippen LogP contribution < -0.4 is 11.1 Å². The average molecular weight is 356 g/mol. The van der Waals surface area contributed by atoms with Crippen LogP contribution in [0.25, 0.3) is 0 Å². The zero-order valence-electron chi connectivity index (χ0n) is 14.3. The molecule has 1 aliphatic heterocycles. The molecule has 1 saturated heterocycles. The molecule has 0 unspecified atom stereocenters. The Kier molecular flexibility index (Phi) is 4.97. The number of rotatable bonds is 3. The SMILES string of the molecule is C[C@H]1CC[C@H](c2ccn[nH]2)N(C(=O)C(=O)Nc2ncccc2C(N)=O)C1. The topological polar surface area (TPSA) is 134 Å². The van der Waals surface area contributed by atoms with Gasteiger partial charge in [0.15, 0.2) is 0 Å². The summed E-state index contributed by atoms with van der Waals surface area (Å²) < 4.78 is 0. The fraction of sp³-hybridized carbons (Fsp3) is 0.353. The smallest absolute Gasteiger partial charge is 0.315 e. The molecule has 4 N–H and O–H groups in total. The van der Waals surface area contributed by atoms with Crippen molar-refractivity contribution in [3.05, 3.63) is 41.9 Å². The van der Waals surface area contributed by atoms with E-state index in [1.165, 1.54) is 23.2 Å². The van der Waals surface area contributed by atoms with E-state index < -0.39 is 17.7 Å². The average Bonchev–Trinajstić information content (AvgIpc) is 3.15. The number of hydrogen-bond acceptors (Lipinski definition) is 5. The van der Waals surface area contributed by atoms with Crippen molar-refractivity contribution in [2.24, 2.45) is 11.7 Å². The van der Waals surface area contributed by atoms with Crippen LogP contribution in [-0.4, -0.2) is 44.3 Å². The van der Waals surface area contributed by atoms with E-state index >= 15 is 0 Å². The Labute approximate surface area is 150 Å². The van der Waals surface area contributed by atoms with Crippen molar-refractivity contribution in [2.45, 2.75) is 25.8 Å². The number of piperidine rings is 1. The predicted octanol–water partition coefficient (Wildman–Crippen LogP) is 0.842. The van der Waals surface area contributed by atoms with E-state index in [2.05, 4.69) is 20.5 Å². The molecule has 1 aliphatic rings. The molecule has 0 aromatic carbocycles. The molecule has 1 fully saturated rings. The number of aromatic nitrogens is 3. The molecule has 2 aromatic heterocycles. The summed E-state index contributed by atoms with van der Waals surface area (Å²) in [7, 11) is 0. The fourth-order valence-electron chi connectivity index (χ4n) is 3.15. The molecule has 26 heavy (non-hydrogen) atoms. The number of hydrogen-bond donors (Lipinski definition) is 3. The van der Waals surface area contributed by atoms with Crippen molar-refractivity contribution in [1.29, 1.82) is 0 Å². The highest BCUT2D eigenvalue weighted by Crippen LogP contribution is 2.32. The van der Waals surface area contributed by atoms with Crippen LogP contribution in [0.2, 0.25) is 0 Å². The fourth-order valence-corrected chi connectivity index (χ4v) is 3.15. The molecule has 9 nitrogen and oxygen atoms in total. The summed E-state index contributed by atoms with van der Waals surface area (Å²) in [6.45, 7) is 2.49. The lowest BCUT2D eigenvalue weighted by Crippen LogP contribution is -2.46. The van der Waals surface area contributed by atoms with E-state index in [0.717, 1.165) is 18.5 Å². The normalized spacial score (nSPS) is 19.8. The summed E-state index contributed by atoms with van der Waals surface area (Å²) in [6.07, 6.45) is 4.70. The summed E-state index contributed by atoms with van der Waals surface area (Å²) >= 11 is 0. The number of primary amides is 1. The molecule has 2 atom stereocenters. The summed E-state index contributed by atoms with van der Waals surface area (Å²) in [5, 5.41) is 9.20. The number of aromatic amines is 1. The lowest BCUT2D eigenvalue weighted by Gasteiger charge is -2.37. The second-order valence-corrected chi connectivity index (χ2v) is 6.39. The molecule has 0 bridgehead atoms. The van der Waals surface area contributed by atoms with Crippen molar-refractivity contribution >= 4 is 23.5 Å². The first-order valence-corrected chi connectivity index (χ1v) is 8.33. The highest BCUT2D eigenvalue weighted by Gasteiger charge is 2.35. The Hall–Kier alpha value is -3.23. The number of nitrogens with one attached hydrogen (secondary N) is 2. The number of pyridine rings is 1. The van der Waals surface area contributed by atoms with Crippen LogP contribution >= 0.6 is 0 Å². The number of nitrogens with zero attached hydrogens (tertiary/aromatic N) is 3. The maximum Gasteiger partial charge on any atom is 0.315 e. The van der Waals surface area contributed by atoms with E-state index in [1.807, 2.05) is 6.92 Å². The number of carbonyl (C=O) groups is 3. The highest BCUT2D eigenvalue weighted by molar-refractivity contribution is 6.39. The summed E-state index contributed by atoms with van der Waals surface area (Å²) in [5.41, 5.74) is 6.11. The first-order chi connectivity index (χ1) is 12.5. The van der Waals surface area contributed by atoms with Crippen molar-refractivity contribution in [2.75, 3.05) is 11.9 Å². The van der Waals surface area contributed by atoms with Crippen LogP contribution in [0.4, 0.5) is 5.82 Å². The van der Waals surface area contributed by atoms with Gasteiger partial charge in [0.05, 0.1) is 17.3 Å². The molecule has 0 saturated carbocycles. The molecule has 3 amide bonds. The summed E-state index contributed by atoms with van der Waals surface area (Å²) in [5.74, 6) is -2.02. The van der Waals surface area contributed by atoms with Crippen LogP contribution in [-0.2, 0) is 9.59 Å². The molecule has 3 heterocycles. The van der Waals surface area contributed by atoms with E-state index in [9.17, 15) is 14.4 Å². The van der Waals surface area contributed by atoms with Gasteiger partial charge in [-0.25, -0.2) is 4.98 Å². The number of carbonyl (C=O) groups excluding carboxylic acids is 3. The first-order valence-electron chi connectivity index (χ1n) is 8.33. The number of nitrogens with two attached hydrogens (primary N) is 1. The quantitative estimate of drug-likeness (QED) is 0.701. The van der Waals surface area contributed by atoms with E-state index in [4.69, 9.17) is 5.73 Å². The van der Waals surface area contributed by atoms with Gasteiger partial charge >= 0.3 is 11.8 Å². The summed E-state index contributed by atoms with van der Waals surface area (Å²) in [4.78, 5) is 42.2. The number of amides is 3. The second-order valence-electron chi connectivity index (χ2n) is 6.39. The van der Waals surface area contributed by atoms with Crippen LogP contribution in [0.15, 0.2) is 30.6 Å². The van der Waals surface area contributed by atoms with Crippen molar-refractivity contribution < 1.29 is 14.4 Å². The largest absolute Gasteiger partial charge is 0.365 e. The number of H-pyrrole nitrogens is 1. The number of anilines is 1. The van der Waals surface area contributed by atoms with Crippen LogP contribution in [0.5, 0.6) is 0 Å². The van der Waals surface area contributed by atoms with Gasteiger partial charge in [-0.15, -0.1) is 0 Å².